The van der Waals surface area contributed by atoms with Gasteiger partial charge in [-0.2, -0.15) is 15.2 Å². The molecule has 2 N–H and O–H groups in total. The molecule has 0 saturated carbocycles. The van der Waals surface area contributed by atoms with Crippen LogP contribution in [0.1, 0.15) is 32.1 Å². The summed E-state index contributed by atoms with van der Waals surface area (Å²) in [6.07, 6.45) is 0. The second-order valence-corrected chi connectivity index (χ2v) is 5.39. The summed E-state index contributed by atoms with van der Waals surface area (Å²) in [7, 11) is 0. The topological polar surface area (TPSA) is 121 Å². The number of para-hydroxylation sites is 1. The predicted molar refractivity (Wildman–Crippen MR) is 92.2 cm³/mol. The van der Waals surface area contributed by atoms with E-state index in [9.17, 15) is 14.7 Å². The fraction of sp³-hybridized carbons (Fsp3) is 0.0556. The van der Waals surface area contributed by atoms with Crippen LogP contribution >= 0.6 is 0 Å². The largest absolute Gasteiger partial charge is 0.478 e. The third-order valence-electron chi connectivity index (χ3n) is 3.61. The molecule has 1 amide bonds. The molecule has 3 aromatic rings. The summed E-state index contributed by atoms with van der Waals surface area (Å²) in [5, 5.41) is 29.1. The number of hydrogen-bond donors (Lipinski definition) is 2. The van der Waals surface area contributed by atoms with E-state index in [1.54, 1.807) is 19.1 Å². The van der Waals surface area contributed by atoms with Gasteiger partial charge in [0.05, 0.1) is 34.3 Å². The maximum Gasteiger partial charge on any atom is 0.337 e. The highest BCUT2D eigenvalue weighted by molar-refractivity contribution is 6.07. The molecule has 128 valence electrons. The predicted octanol–water partition coefficient (Wildman–Crippen LogP) is 2.40. The van der Waals surface area contributed by atoms with Crippen LogP contribution in [0.25, 0.3) is 5.69 Å². The molecule has 0 aliphatic heterocycles. The quantitative estimate of drug-likeness (QED) is 0.747. The van der Waals surface area contributed by atoms with Gasteiger partial charge in [-0.1, -0.05) is 18.2 Å². The number of amides is 1. The van der Waals surface area contributed by atoms with Gasteiger partial charge in [0.15, 0.2) is 5.69 Å². The number of nitriles is 1. The minimum Gasteiger partial charge on any atom is -0.478 e. The number of aromatic nitrogens is 3. The summed E-state index contributed by atoms with van der Waals surface area (Å²) >= 11 is 0. The zero-order chi connectivity index (χ0) is 18.7. The lowest BCUT2D eigenvalue weighted by Gasteiger charge is -2.07. The van der Waals surface area contributed by atoms with Crippen molar-refractivity contribution in [3.63, 3.8) is 0 Å². The Morgan fingerprint density at radius 3 is 2.54 bits per heavy atom. The molecule has 0 atom stereocenters. The lowest BCUT2D eigenvalue weighted by Crippen LogP contribution is -2.16. The van der Waals surface area contributed by atoms with Crippen molar-refractivity contribution in [3.8, 4) is 11.8 Å². The summed E-state index contributed by atoms with van der Waals surface area (Å²) in [5.41, 5.74) is 1.26. The second-order valence-electron chi connectivity index (χ2n) is 5.39. The number of benzene rings is 2. The van der Waals surface area contributed by atoms with E-state index >= 15 is 0 Å². The first-order chi connectivity index (χ1) is 12.5. The first-order valence-corrected chi connectivity index (χ1v) is 7.57. The smallest absolute Gasteiger partial charge is 0.337 e. The number of carboxylic acid groups (broad SMARTS) is 1. The Morgan fingerprint density at radius 2 is 1.88 bits per heavy atom. The second kappa shape index (κ2) is 6.86. The van der Waals surface area contributed by atoms with E-state index in [4.69, 9.17) is 5.26 Å². The summed E-state index contributed by atoms with van der Waals surface area (Å²) in [6, 6.07) is 15.0. The number of nitrogens with zero attached hydrogens (tertiary/aromatic N) is 4. The lowest BCUT2D eigenvalue weighted by molar-refractivity contribution is 0.0698. The van der Waals surface area contributed by atoms with Crippen LogP contribution < -0.4 is 5.32 Å². The molecule has 0 bridgehead atoms. The van der Waals surface area contributed by atoms with Crippen LogP contribution in [0, 0.1) is 18.3 Å². The zero-order valence-corrected chi connectivity index (χ0v) is 13.7. The normalized spacial score (nSPS) is 10.2. The molecule has 0 aliphatic carbocycles. The third-order valence-corrected chi connectivity index (χ3v) is 3.61. The van der Waals surface area contributed by atoms with Crippen molar-refractivity contribution in [2.45, 2.75) is 6.92 Å². The number of carboxylic acids is 1. The molecule has 0 saturated heterocycles. The van der Waals surface area contributed by atoms with Crippen molar-refractivity contribution >= 4 is 17.6 Å². The molecule has 0 fully saturated rings. The molecule has 0 unspecified atom stereocenters. The van der Waals surface area contributed by atoms with Crippen LogP contribution in [-0.2, 0) is 0 Å². The van der Waals surface area contributed by atoms with Crippen LogP contribution in [0.3, 0.4) is 0 Å². The zero-order valence-electron chi connectivity index (χ0n) is 13.7. The van der Waals surface area contributed by atoms with Gasteiger partial charge in [0.25, 0.3) is 5.91 Å². The van der Waals surface area contributed by atoms with E-state index in [-0.39, 0.29) is 22.5 Å². The van der Waals surface area contributed by atoms with Crippen molar-refractivity contribution < 1.29 is 14.7 Å². The number of anilines is 1. The minimum atomic E-state index is -1.25. The highest BCUT2D eigenvalue weighted by atomic mass is 16.4. The molecular weight excluding hydrogens is 334 g/mol. The Labute approximate surface area is 148 Å². The number of aromatic carboxylic acids is 1. The van der Waals surface area contributed by atoms with Crippen molar-refractivity contribution in [3.05, 3.63) is 71.0 Å². The molecule has 1 heterocycles. The Morgan fingerprint density at radius 1 is 1.15 bits per heavy atom. The standard InChI is InChI=1S/C18H13N5O3/c1-11-16(22-23(21-11)13-5-3-2-4-6-13)17(24)20-15-8-7-12(10-19)9-14(15)18(25)26/h2-9H,1H3,(H,20,24)(H,25,26). The maximum absolute atomic E-state index is 12.5. The van der Waals surface area contributed by atoms with Crippen LogP contribution in [0.2, 0.25) is 0 Å². The molecular formula is C18H13N5O3. The van der Waals surface area contributed by atoms with Crippen molar-refractivity contribution in [1.82, 2.24) is 15.0 Å². The monoisotopic (exact) mass is 347 g/mol. The fourth-order valence-electron chi connectivity index (χ4n) is 2.35. The maximum atomic E-state index is 12.5. The van der Waals surface area contributed by atoms with E-state index in [1.807, 2.05) is 24.3 Å². The Bertz CT molecular complexity index is 1030. The number of carbonyl (C=O) groups excluding carboxylic acids is 1. The molecule has 8 heteroatoms. The van der Waals surface area contributed by atoms with Crippen LogP contribution in [0.15, 0.2) is 48.5 Å². The van der Waals surface area contributed by atoms with Crippen LogP contribution in [-0.4, -0.2) is 32.0 Å². The highest BCUT2D eigenvalue weighted by Crippen LogP contribution is 2.19. The number of carbonyl (C=O) groups is 2. The van der Waals surface area contributed by atoms with Crippen molar-refractivity contribution in [1.29, 1.82) is 5.26 Å². The van der Waals surface area contributed by atoms with Gasteiger partial charge in [0.2, 0.25) is 0 Å². The lowest BCUT2D eigenvalue weighted by atomic mass is 10.1. The molecule has 1 aromatic heterocycles. The molecule has 2 aromatic carbocycles. The van der Waals surface area contributed by atoms with Gasteiger partial charge in [-0.25, -0.2) is 4.79 Å². The minimum absolute atomic E-state index is 0.0783. The average molecular weight is 347 g/mol. The molecule has 0 radical (unpaired) electrons. The average Bonchev–Trinajstić information content (AvgIpc) is 3.04. The van der Waals surface area contributed by atoms with Crippen molar-refractivity contribution in [2.75, 3.05) is 5.32 Å². The van der Waals surface area contributed by atoms with Gasteiger partial charge in [-0.05, 0) is 37.3 Å². The van der Waals surface area contributed by atoms with Crippen molar-refractivity contribution in [2.24, 2.45) is 0 Å². The molecule has 0 spiro atoms. The molecule has 26 heavy (non-hydrogen) atoms. The SMILES string of the molecule is Cc1nn(-c2ccccc2)nc1C(=O)Nc1ccc(C#N)cc1C(=O)O. The number of rotatable bonds is 4. The fourth-order valence-corrected chi connectivity index (χ4v) is 2.35. The number of nitrogens with one attached hydrogen (secondary N) is 1. The van der Waals surface area contributed by atoms with Gasteiger partial charge in [0.1, 0.15) is 0 Å². The van der Waals surface area contributed by atoms with Crippen LogP contribution in [0.5, 0.6) is 0 Å². The van der Waals surface area contributed by atoms with E-state index < -0.39 is 11.9 Å². The van der Waals surface area contributed by atoms with Gasteiger partial charge in [-0.3, -0.25) is 4.79 Å². The summed E-state index contributed by atoms with van der Waals surface area (Å²) in [6.45, 7) is 1.64. The van der Waals surface area contributed by atoms with E-state index in [2.05, 4.69) is 15.5 Å². The number of aryl methyl sites for hydroxylation is 1. The first-order valence-electron chi connectivity index (χ1n) is 7.57. The van der Waals surface area contributed by atoms with E-state index in [0.717, 1.165) is 0 Å². The Balaban J connectivity index is 1.91. The first kappa shape index (κ1) is 16.9. The van der Waals surface area contributed by atoms with Gasteiger partial charge in [-0.15, -0.1) is 5.10 Å². The summed E-state index contributed by atoms with van der Waals surface area (Å²) < 4.78 is 0. The summed E-state index contributed by atoms with van der Waals surface area (Å²) in [4.78, 5) is 25.2. The van der Waals surface area contributed by atoms with E-state index in [0.29, 0.717) is 11.4 Å². The Kier molecular flexibility index (Phi) is 4.45. The molecule has 3 rings (SSSR count). The van der Waals surface area contributed by atoms with Gasteiger partial charge >= 0.3 is 5.97 Å². The third kappa shape index (κ3) is 3.27. The van der Waals surface area contributed by atoms with Gasteiger partial charge < -0.3 is 10.4 Å². The molecule has 0 aliphatic rings. The number of hydrogen-bond acceptors (Lipinski definition) is 5. The Hall–Kier alpha value is -3.99. The van der Waals surface area contributed by atoms with E-state index in [1.165, 1.54) is 23.0 Å². The highest BCUT2D eigenvalue weighted by Gasteiger charge is 2.19. The van der Waals surface area contributed by atoms with Crippen LogP contribution in [0.4, 0.5) is 5.69 Å². The van der Waals surface area contributed by atoms with Gasteiger partial charge in [0, 0.05) is 0 Å². The molecule has 8 nitrogen and oxygen atoms in total. The summed E-state index contributed by atoms with van der Waals surface area (Å²) in [5.74, 6) is -1.83.